The lowest BCUT2D eigenvalue weighted by Gasteiger charge is -2.00. The van der Waals surface area contributed by atoms with Crippen LogP contribution in [0.25, 0.3) is 0 Å². The van der Waals surface area contributed by atoms with Crippen molar-refractivity contribution in [3.05, 3.63) is 26.8 Å². The normalized spacial score (nSPS) is 9.17. The van der Waals surface area contributed by atoms with Crippen molar-refractivity contribution in [2.45, 2.75) is 0 Å². The molecule has 0 aliphatic heterocycles. The van der Waals surface area contributed by atoms with Crippen LogP contribution in [0.2, 0.25) is 0 Å². The molecule has 1 heteroatoms. The van der Waals surface area contributed by atoms with Crippen molar-refractivity contribution in [2.75, 3.05) is 6.54 Å². The molecule has 0 bridgehead atoms. The van der Waals surface area contributed by atoms with Gasteiger partial charge in [-0.3, -0.25) is 4.90 Å². The monoisotopic (exact) mass is 83.1 g/mol. The van der Waals surface area contributed by atoms with E-state index in [1.165, 1.54) is 0 Å². The maximum atomic E-state index is 3.48. The second kappa shape index (κ2) is 2.91. The van der Waals surface area contributed by atoms with Crippen molar-refractivity contribution in [3.8, 4) is 0 Å². The Kier molecular flexibility index (Phi) is 2.77. The summed E-state index contributed by atoms with van der Waals surface area (Å²) in [5.41, 5.74) is 0. The fourth-order valence-corrected chi connectivity index (χ4v) is 0.183. The Morgan fingerprint density at radius 3 is 2.00 bits per heavy atom. The average molecular weight is 83.1 g/mol. The van der Waals surface area contributed by atoms with Crippen LogP contribution in [0.5, 0.6) is 0 Å². The van der Waals surface area contributed by atoms with E-state index >= 15 is 0 Å². The zero-order valence-electron chi connectivity index (χ0n) is 3.85. The maximum absolute atomic E-state index is 3.48. The van der Waals surface area contributed by atoms with Crippen molar-refractivity contribution in [3.63, 3.8) is 0 Å². The minimum absolute atomic E-state index is 0.750. The number of rotatable bonds is 2. The minimum Gasteiger partial charge on any atom is -0.297 e. The summed E-state index contributed by atoms with van der Waals surface area (Å²) < 4.78 is 0. The highest BCUT2D eigenvalue weighted by Crippen LogP contribution is 1.75. The largest absolute Gasteiger partial charge is 0.297 e. The van der Waals surface area contributed by atoms with E-state index in [1.807, 2.05) is 0 Å². The molecule has 0 unspecified atom stereocenters. The van der Waals surface area contributed by atoms with E-state index in [1.54, 1.807) is 11.0 Å². The molecule has 0 saturated heterocycles. The van der Waals surface area contributed by atoms with Crippen molar-refractivity contribution in [1.29, 1.82) is 0 Å². The smallest absolute Gasteiger partial charge is 0.0161 e. The molecule has 0 aliphatic carbocycles. The zero-order chi connectivity index (χ0) is 4.99. The van der Waals surface area contributed by atoms with E-state index in [0.717, 1.165) is 6.54 Å². The molecule has 0 spiro atoms. The quantitative estimate of drug-likeness (QED) is 0.451. The fourth-order valence-electron chi connectivity index (χ4n) is 0.183. The maximum Gasteiger partial charge on any atom is 0.0161 e. The van der Waals surface area contributed by atoms with E-state index < -0.39 is 0 Å². The van der Waals surface area contributed by atoms with Crippen LogP contribution in [0, 0.1) is 14.1 Å². The molecule has 0 aromatic rings. The van der Waals surface area contributed by atoms with E-state index in [2.05, 4.69) is 20.7 Å². The Labute approximate surface area is 39.3 Å². The molecule has 0 aromatic carbocycles. The second-order valence-corrected chi connectivity index (χ2v) is 1.14. The van der Waals surface area contributed by atoms with Gasteiger partial charge in [-0.05, 0) is 0 Å². The van der Waals surface area contributed by atoms with Crippen molar-refractivity contribution in [2.24, 2.45) is 0 Å². The first kappa shape index (κ1) is 5.70. The van der Waals surface area contributed by atoms with Crippen LogP contribution >= 0.6 is 0 Å². The SMILES string of the molecule is [CH2]N([CH2])CC=C. The highest BCUT2D eigenvalue weighted by molar-refractivity contribution is 4.71. The fraction of sp³-hybridized carbons (Fsp3) is 0.200. The number of hydrogen-bond acceptors (Lipinski definition) is 1. The lowest BCUT2D eigenvalue weighted by Crippen LogP contribution is -2.03. The average Bonchev–Trinajstić information content (AvgIpc) is 1.35. The molecule has 2 radical (unpaired) electrons. The number of nitrogens with zero attached hydrogens (tertiary/aromatic N) is 1. The second-order valence-electron chi connectivity index (χ2n) is 1.14. The molecule has 0 aliphatic rings. The van der Waals surface area contributed by atoms with Gasteiger partial charge in [-0.1, -0.05) is 6.08 Å². The van der Waals surface area contributed by atoms with E-state index in [9.17, 15) is 0 Å². The van der Waals surface area contributed by atoms with E-state index in [-0.39, 0.29) is 0 Å². The molecule has 0 fully saturated rings. The Morgan fingerprint density at radius 2 is 2.00 bits per heavy atom. The summed E-state index contributed by atoms with van der Waals surface area (Å²) in [5.74, 6) is 0. The van der Waals surface area contributed by atoms with Crippen LogP contribution in [-0.2, 0) is 0 Å². The van der Waals surface area contributed by atoms with Crippen molar-refractivity contribution < 1.29 is 0 Å². The third kappa shape index (κ3) is 3.70. The summed E-state index contributed by atoms with van der Waals surface area (Å²) in [7, 11) is 6.96. The Balaban J connectivity index is 2.81. The minimum atomic E-state index is 0.750. The van der Waals surface area contributed by atoms with Crippen molar-refractivity contribution in [1.82, 2.24) is 4.90 Å². The molecule has 0 heterocycles. The van der Waals surface area contributed by atoms with Gasteiger partial charge in [0.15, 0.2) is 0 Å². The molecule has 1 nitrogen and oxygen atoms in total. The van der Waals surface area contributed by atoms with Crippen LogP contribution in [-0.4, -0.2) is 11.4 Å². The van der Waals surface area contributed by atoms with Crippen LogP contribution in [0.1, 0.15) is 0 Å². The molecular weight excluding hydrogens is 74.1 g/mol. The predicted molar refractivity (Wildman–Crippen MR) is 27.6 cm³/mol. The van der Waals surface area contributed by atoms with E-state index in [0.29, 0.717) is 0 Å². The van der Waals surface area contributed by atoms with Gasteiger partial charge in [0.2, 0.25) is 0 Å². The van der Waals surface area contributed by atoms with Gasteiger partial charge < -0.3 is 0 Å². The molecule has 0 amide bonds. The van der Waals surface area contributed by atoms with Gasteiger partial charge in [-0.25, -0.2) is 0 Å². The molecule has 6 heavy (non-hydrogen) atoms. The molecule has 0 aromatic heterocycles. The third-order valence-electron chi connectivity index (χ3n) is 0.387. The van der Waals surface area contributed by atoms with E-state index in [4.69, 9.17) is 0 Å². The van der Waals surface area contributed by atoms with Gasteiger partial charge in [-0.2, -0.15) is 0 Å². The summed E-state index contributed by atoms with van der Waals surface area (Å²) in [6.45, 7) is 4.23. The first-order valence-corrected chi connectivity index (χ1v) is 1.77. The van der Waals surface area contributed by atoms with Gasteiger partial charge in [0.25, 0.3) is 0 Å². The summed E-state index contributed by atoms with van der Waals surface area (Å²) in [4.78, 5) is 1.56. The van der Waals surface area contributed by atoms with Crippen LogP contribution in [0.15, 0.2) is 12.7 Å². The lowest BCUT2D eigenvalue weighted by atomic mass is 10.6. The summed E-state index contributed by atoms with van der Waals surface area (Å²) >= 11 is 0. The Hall–Kier alpha value is -0.300. The van der Waals surface area contributed by atoms with Crippen LogP contribution < -0.4 is 0 Å². The zero-order valence-corrected chi connectivity index (χ0v) is 3.85. The Bertz CT molecular complexity index is 39.2. The standard InChI is InChI=1S/C5H9N/c1-4-5-6(2)3/h4H,1-3,5H2. The lowest BCUT2D eigenvalue weighted by molar-refractivity contribution is 0.553. The first-order valence-electron chi connectivity index (χ1n) is 1.77. The summed E-state index contributed by atoms with van der Waals surface area (Å²) in [6, 6.07) is 0. The van der Waals surface area contributed by atoms with Gasteiger partial charge >= 0.3 is 0 Å². The third-order valence-corrected chi connectivity index (χ3v) is 0.387. The molecule has 0 saturated carbocycles. The van der Waals surface area contributed by atoms with Gasteiger partial charge in [0.1, 0.15) is 0 Å². The first-order chi connectivity index (χ1) is 2.77. The van der Waals surface area contributed by atoms with Crippen LogP contribution in [0.4, 0.5) is 0 Å². The van der Waals surface area contributed by atoms with Gasteiger partial charge in [-0.15, -0.1) is 6.58 Å². The molecule has 34 valence electrons. The molecule has 0 N–H and O–H groups in total. The molecular formula is C5H9N. The van der Waals surface area contributed by atoms with Crippen LogP contribution in [0.3, 0.4) is 0 Å². The topological polar surface area (TPSA) is 3.24 Å². The molecule has 0 rings (SSSR count). The van der Waals surface area contributed by atoms with Gasteiger partial charge in [0.05, 0.1) is 0 Å². The van der Waals surface area contributed by atoms with Crippen molar-refractivity contribution >= 4 is 0 Å². The summed E-state index contributed by atoms with van der Waals surface area (Å²) in [6.07, 6.45) is 1.75. The highest BCUT2D eigenvalue weighted by atomic mass is 15.0. The van der Waals surface area contributed by atoms with Gasteiger partial charge in [0, 0.05) is 20.6 Å². The highest BCUT2D eigenvalue weighted by Gasteiger charge is 1.76. The summed E-state index contributed by atoms with van der Waals surface area (Å²) in [5, 5.41) is 0. The Morgan fingerprint density at radius 1 is 1.50 bits per heavy atom. The predicted octanol–water partition coefficient (Wildman–Crippen LogP) is 1.06. The molecule has 0 atom stereocenters. The number of hydrogen-bond donors (Lipinski definition) is 0.